The van der Waals surface area contributed by atoms with Gasteiger partial charge in [-0.1, -0.05) is 13.3 Å². The summed E-state index contributed by atoms with van der Waals surface area (Å²) < 4.78 is 0. The minimum absolute atomic E-state index is 0. The van der Waals surface area contributed by atoms with E-state index in [1.165, 1.54) is 11.3 Å². The number of thiazole rings is 1. The predicted octanol–water partition coefficient (Wildman–Crippen LogP) is 1.65. The van der Waals surface area contributed by atoms with Crippen LogP contribution in [-0.4, -0.2) is 28.9 Å². The van der Waals surface area contributed by atoms with Crippen molar-refractivity contribution in [1.29, 1.82) is 0 Å². The lowest BCUT2D eigenvalue weighted by Gasteiger charge is -2.20. The van der Waals surface area contributed by atoms with E-state index in [2.05, 4.69) is 4.98 Å². The molecule has 92 valence electrons. The van der Waals surface area contributed by atoms with Crippen molar-refractivity contribution in [3.63, 3.8) is 0 Å². The van der Waals surface area contributed by atoms with Gasteiger partial charge in [-0.2, -0.15) is 0 Å². The summed E-state index contributed by atoms with van der Waals surface area (Å²) in [4.78, 5) is 17.5. The van der Waals surface area contributed by atoms with Gasteiger partial charge in [0.25, 0.3) is 0 Å². The molecule has 0 aliphatic carbocycles. The van der Waals surface area contributed by atoms with Gasteiger partial charge in [-0.05, 0) is 6.42 Å². The quantitative estimate of drug-likeness (QED) is 0.879. The van der Waals surface area contributed by atoms with Crippen molar-refractivity contribution in [2.75, 3.05) is 7.05 Å². The average molecular weight is 264 g/mol. The van der Waals surface area contributed by atoms with E-state index in [0.717, 1.165) is 18.5 Å². The van der Waals surface area contributed by atoms with Crippen molar-refractivity contribution in [1.82, 2.24) is 9.88 Å². The summed E-state index contributed by atoms with van der Waals surface area (Å²) >= 11 is 1.53. The zero-order valence-corrected chi connectivity index (χ0v) is 11.2. The highest BCUT2D eigenvalue weighted by molar-refractivity contribution is 7.07. The van der Waals surface area contributed by atoms with Crippen LogP contribution in [0, 0.1) is 0 Å². The number of hydrogen-bond donors (Lipinski definition) is 1. The maximum atomic E-state index is 11.7. The lowest BCUT2D eigenvalue weighted by molar-refractivity contribution is -0.132. The van der Waals surface area contributed by atoms with Gasteiger partial charge in [0.05, 0.1) is 23.8 Å². The van der Waals surface area contributed by atoms with Crippen molar-refractivity contribution in [2.45, 2.75) is 32.4 Å². The van der Waals surface area contributed by atoms with Crippen LogP contribution in [0.1, 0.15) is 25.5 Å². The van der Waals surface area contributed by atoms with Gasteiger partial charge in [0.2, 0.25) is 5.91 Å². The third-order valence-corrected chi connectivity index (χ3v) is 2.81. The lowest BCUT2D eigenvalue weighted by atomic mass is 10.1. The molecule has 0 radical (unpaired) electrons. The Morgan fingerprint density at radius 3 is 2.88 bits per heavy atom. The molecule has 0 bridgehead atoms. The first kappa shape index (κ1) is 15.3. The molecular weight excluding hydrogens is 246 g/mol. The Bertz CT molecular complexity index is 305. The Morgan fingerprint density at radius 1 is 1.69 bits per heavy atom. The van der Waals surface area contributed by atoms with E-state index < -0.39 is 0 Å². The normalized spacial score (nSPS) is 11.7. The molecule has 0 aliphatic heterocycles. The second-order valence-electron chi connectivity index (χ2n) is 3.57. The van der Waals surface area contributed by atoms with E-state index in [4.69, 9.17) is 5.73 Å². The molecule has 1 heterocycles. The Morgan fingerprint density at radius 2 is 2.38 bits per heavy atom. The number of amides is 1. The molecule has 0 saturated heterocycles. The summed E-state index contributed by atoms with van der Waals surface area (Å²) in [5.74, 6) is -0.00940. The molecule has 1 atom stereocenters. The number of rotatable bonds is 5. The SMILES string of the molecule is CCCC(N)C(=O)N(C)Cc1cscn1.Cl. The third kappa shape index (κ3) is 4.47. The van der Waals surface area contributed by atoms with E-state index in [9.17, 15) is 4.79 Å². The van der Waals surface area contributed by atoms with Crippen LogP contribution in [-0.2, 0) is 11.3 Å². The molecule has 0 spiro atoms. The molecule has 0 aromatic carbocycles. The van der Waals surface area contributed by atoms with E-state index in [1.54, 1.807) is 17.5 Å². The molecule has 1 aromatic heterocycles. The van der Waals surface area contributed by atoms with Crippen molar-refractivity contribution in [2.24, 2.45) is 5.73 Å². The number of nitrogens with zero attached hydrogens (tertiary/aromatic N) is 2. The monoisotopic (exact) mass is 263 g/mol. The molecule has 2 N–H and O–H groups in total. The van der Waals surface area contributed by atoms with E-state index in [0.29, 0.717) is 6.54 Å². The summed E-state index contributed by atoms with van der Waals surface area (Å²) in [6, 6.07) is -0.376. The Kier molecular flexibility index (Phi) is 7.29. The molecule has 6 heteroatoms. The van der Waals surface area contributed by atoms with Gasteiger partial charge in [0, 0.05) is 12.4 Å². The first-order valence-corrected chi connectivity index (χ1v) is 5.97. The van der Waals surface area contributed by atoms with Crippen molar-refractivity contribution < 1.29 is 4.79 Å². The Labute approximate surface area is 106 Å². The standard InChI is InChI=1S/C10H17N3OS.ClH/c1-3-4-9(11)10(14)13(2)5-8-6-15-7-12-8;/h6-7,9H,3-5,11H2,1-2H3;1H. The van der Waals surface area contributed by atoms with Gasteiger partial charge in [-0.25, -0.2) is 4.98 Å². The van der Waals surface area contributed by atoms with Gasteiger partial charge in [0.1, 0.15) is 0 Å². The number of likely N-dealkylation sites (N-methyl/N-ethyl adjacent to an activating group) is 1. The van der Waals surface area contributed by atoms with Gasteiger partial charge in [-0.3, -0.25) is 4.79 Å². The van der Waals surface area contributed by atoms with Gasteiger partial charge < -0.3 is 10.6 Å². The van der Waals surface area contributed by atoms with Crippen molar-refractivity contribution in [3.05, 3.63) is 16.6 Å². The minimum atomic E-state index is -0.376. The second kappa shape index (κ2) is 7.60. The molecule has 4 nitrogen and oxygen atoms in total. The zero-order valence-electron chi connectivity index (χ0n) is 9.55. The lowest BCUT2D eigenvalue weighted by Crippen LogP contribution is -2.41. The van der Waals surface area contributed by atoms with Gasteiger partial charge >= 0.3 is 0 Å². The van der Waals surface area contributed by atoms with Crippen molar-refractivity contribution >= 4 is 29.7 Å². The second-order valence-corrected chi connectivity index (χ2v) is 4.29. The van der Waals surface area contributed by atoms with E-state index in [1.807, 2.05) is 12.3 Å². The molecule has 0 aliphatic rings. The highest BCUT2D eigenvalue weighted by Crippen LogP contribution is 2.06. The fourth-order valence-electron chi connectivity index (χ4n) is 1.35. The molecule has 1 rings (SSSR count). The topological polar surface area (TPSA) is 59.2 Å². The highest BCUT2D eigenvalue weighted by Gasteiger charge is 2.17. The predicted molar refractivity (Wildman–Crippen MR) is 68.7 cm³/mol. The minimum Gasteiger partial charge on any atom is -0.338 e. The van der Waals surface area contributed by atoms with Crippen LogP contribution in [0.4, 0.5) is 0 Å². The number of aromatic nitrogens is 1. The van der Waals surface area contributed by atoms with Gasteiger partial charge in [-0.15, -0.1) is 23.7 Å². The molecule has 0 fully saturated rings. The largest absolute Gasteiger partial charge is 0.338 e. The van der Waals surface area contributed by atoms with Crippen LogP contribution >= 0.6 is 23.7 Å². The molecule has 0 saturated carbocycles. The molecule has 1 amide bonds. The van der Waals surface area contributed by atoms with Crippen LogP contribution in [0.25, 0.3) is 0 Å². The van der Waals surface area contributed by atoms with Crippen LogP contribution in [0.15, 0.2) is 10.9 Å². The van der Waals surface area contributed by atoms with Crippen LogP contribution in [0.5, 0.6) is 0 Å². The fraction of sp³-hybridized carbons (Fsp3) is 0.600. The summed E-state index contributed by atoms with van der Waals surface area (Å²) in [5.41, 5.74) is 8.43. The fourth-order valence-corrected chi connectivity index (χ4v) is 1.90. The molecule has 1 aromatic rings. The van der Waals surface area contributed by atoms with Crippen molar-refractivity contribution in [3.8, 4) is 0 Å². The average Bonchev–Trinajstić information content (AvgIpc) is 2.69. The number of halogens is 1. The number of carbonyl (C=O) groups is 1. The number of carbonyl (C=O) groups excluding carboxylic acids is 1. The third-order valence-electron chi connectivity index (χ3n) is 2.18. The summed E-state index contributed by atoms with van der Waals surface area (Å²) in [6.07, 6.45) is 1.66. The van der Waals surface area contributed by atoms with Crippen LogP contribution in [0.2, 0.25) is 0 Å². The smallest absolute Gasteiger partial charge is 0.239 e. The summed E-state index contributed by atoms with van der Waals surface area (Å²) in [6.45, 7) is 2.56. The summed E-state index contributed by atoms with van der Waals surface area (Å²) in [7, 11) is 1.76. The van der Waals surface area contributed by atoms with Crippen LogP contribution in [0.3, 0.4) is 0 Å². The molecule has 16 heavy (non-hydrogen) atoms. The highest BCUT2D eigenvalue weighted by atomic mass is 35.5. The maximum absolute atomic E-state index is 11.7. The maximum Gasteiger partial charge on any atom is 0.239 e. The van der Waals surface area contributed by atoms with E-state index >= 15 is 0 Å². The first-order valence-electron chi connectivity index (χ1n) is 5.02. The Hall–Kier alpha value is -0.650. The van der Waals surface area contributed by atoms with E-state index in [-0.39, 0.29) is 24.4 Å². The van der Waals surface area contributed by atoms with Gasteiger partial charge in [0.15, 0.2) is 0 Å². The molecule has 1 unspecified atom stereocenters. The first-order chi connectivity index (χ1) is 7.15. The number of hydrogen-bond acceptors (Lipinski definition) is 4. The number of nitrogens with two attached hydrogens (primary N) is 1. The zero-order chi connectivity index (χ0) is 11.3. The molecular formula is C10H18ClN3OS. The Balaban J connectivity index is 0.00000225. The summed E-state index contributed by atoms with van der Waals surface area (Å²) in [5, 5.41) is 1.94. The van der Waals surface area contributed by atoms with Crippen LogP contribution < -0.4 is 5.73 Å².